The molecule has 2 saturated heterocycles. The molecule has 30 heavy (non-hydrogen) atoms. The van der Waals surface area contributed by atoms with Gasteiger partial charge in [0.15, 0.2) is 0 Å². The number of anilines is 2. The number of hydrogen-bond donors (Lipinski definition) is 2. The molecule has 2 aliphatic rings. The SMILES string of the molecule is CC[NH+]1CCN(c2ccc(NC(=O)c3ccccc3SC[C@H]3CCCO3)cc2)CC1. The minimum absolute atomic E-state index is 0.0571. The van der Waals surface area contributed by atoms with Crippen molar-refractivity contribution in [3.8, 4) is 0 Å². The van der Waals surface area contributed by atoms with Crippen LogP contribution < -0.4 is 15.1 Å². The van der Waals surface area contributed by atoms with Crippen LogP contribution in [0.3, 0.4) is 0 Å². The summed E-state index contributed by atoms with van der Waals surface area (Å²) >= 11 is 1.71. The van der Waals surface area contributed by atoms with Gasteiger partial charge in [0.05, 0.1) is 44.4 Å². The fraction of sp³-hybridized carbons (Fsp3) is 0.458. The van der Waals surface area contributed by atoms with Crippen LogP contribution in [0.15, 0.2) is 53.4 Å². The second-order valence-electron chi connectivity index (χ2n) is 8.03. The minimum atomic E-state index is -0.0571. The molecule has 5 nitrogen and oxygen atoms in total. The highest BCUT2D eigenvalue weighted by molar-refractivity contribution is 7.99. The lowest BCUT2D eigenvalue weighted by Crippen LogP contribution is -3.14. The molecule has 4 rings (SSSR count). The van der Waals surface area contributed by atoms with Gasteiger partial charge in [-0.05, 0) is 56.2 Å². The molecular formula is C24H32N3O2S+. The maximum atomic E-state index is 12.9. The van der Waals surface area contributed by atoms with Crippen molar-refractivity contribution in [3.63, 3.8) is 0 Å². The van der Waals surface area contributed by atoms with Crippen molar-refractivity contribution in [1.29, 1.82) is 0 Å². The Balaban J connectivity index is 1.36. The second-order valence-corrected chi connectivity index (χ2v) is 9.10. The summed E-state index contributed by atoms with van der Waals surface area (Å²) in [5.41, 5.74) is 2.79. The van der Waals surface area contributed by atoms with E-state index in [1.165, 1.54) is 25.3 Å². The van der Waals surface area contributed by atoms with Gasteiger partial charge in [-0.1, -0.05) is 12.1 Å². The Kier molecular flexibility index (Phi) is 7.31. The van der Waals surface area contributed by atoms with E-state index in [0.29, 0.717) is 6.10 Å². The molecule has 2 fully saturated rings. The number of piperazine rings is 1. The van der Waals surface area contributed by atoms with E-state index in [9.17, 15) is 4.79 Å². The summed E-state index contributed by atoms with van der Waals surface area (Å²) in [6.07, 6.45) is 2.56. The molecular weight excluding hydrogens is 394 g/mol. The van der Waals surface area contributed by atoms with E-state index in [4.69, 9.17) is 4.74 Å². The molecule has 0 aliphatic carbocycles. The second kappa shape index (κ2) is 10.3. The number of rotatable bonds is 7. The van der Waals surface area contributed by atoms with Gasteiger partial charge in [0, 0.05) is 28.6 Å². The summed E-state index contributed by atoms with van der Waals surface area (Å²) in [6, 6.07) is 16.1. The molecule has 0 saturated carbocycles. The number of carbonyl (C=O) groups excluding carboxylic acids is 1. The Bertz CT molecular complexity index is 829. The van der Waals surface area contributed by atoms with Gasteiger partial charge in [-0.15, -0.1) is 11.8 Å². The van der Waals surface area contributed by atoms with E-state index in [0.717, 1.165) is 54.4 Å². The molecule has 0 aromatic heterocycles. The van der Waals surface area contributed by atoms with E-state index < -0.39 is 0 Å². The first-order valence-corrected chi connectivity index (χ1v) is 12.0. The first-order chi connectivity index (χ1) is 14.7. The van der Waals surface area contributed by atoms with Gasteiger partial charge in [0.2, 0.25) is 0 Å². The molecule has 6 heteroatoms. The maximum absolute atomic E-state index is 12.9. The van der Waals surface area contributed by atoms with Crippen LogP contribution in [0.5, 0.6) is 0 Å². The molecule has 1 atom stereocenters. The molecule has 2 aromatic rings. The normalized spacial score (nSPS) is 19.8. The summed E-state index contributed by atoms with van der Waals surface area (Å²) in [6.45, 7) is 8.87. The molecule has 0 bridgehead atoms. The van der Waals surface area contributed by atoms with Crippen molar-refractivity contribution in [3.05, 3.63) is 54.1 Å². The molecule has 2 aliphatic heterocycles. The molecule has 2 heterocycles. The summed E-state index contributed by atoms with van der Waals surface area (Å²) < 4.78 is 5.72. The van der Waals surface area contributed by atoms with Crippen LogP contribution in [0.25, 0.3) is 0 Å². The lowest BCUT2D eigenvalue weighted by molar-refractivity contribution is -0.898. The lowest BCUT2D eigenvalue weighted by Gasteiger charge is -2.33. The minimum Gasteiger partial charge on any atom is -0.377 e. The van der Waals surface area contributed by atoms with E-state index in [1.807, 2.05) is 36.4 Å². The number of likely N-dealkylation sites (N-methyl/N-ethyl adjacent to an activating group) is 1. The van der Waals surface area contributed by atoms with Crippen molar-refractivity contribution in [2.75, 3.05) is 55.3 Å². The Morgan fingerprint density at radius 3 is 2.63 bits per heavy atom. The molecule has 2 aromatic carbocycles. The highest BCUT2D eigenvalue weighted by Gasteiger charge is 2.20. The zero-order valence-corrected chi connectivity index (χ0v) is 18.5. The average Bonchev–Trinajstić information content (AvgIpc) is 3.32. The van der Waals surface area contributed by atoms with E-state index in [1.54, 1.807) is 16.7 Å². The molecule has 160 valence electrons. The van der Waals surface area contributed by atoms with Crippen LogP contribution in [0, 0.1) is 0 Å². The Labute approximate surface area is 183 Å². The summed E-state index contributed by atoms with van der Waals surface area (Å²) in [5.74, 6) is 0.838. The molecule has 2 N–H and O–H groups in total. The van der Waals surface area contributed by atoms with E-state index in [2.05, 4.69) is 29.3 Å². The van der Waals surface area contributed by atoms with Crippen LogP contribution in [0.2, 0.25) is 0 Å². The molecule has 0 radical (unpaired) electrons. The van der Waals surface area contributed by atoms with Crippen molar-refractivity contribution < 1.29 is 14.4 Å². The monoisotopic (exact) mass is 426 g/mol. The van der Waals surface area contributed by atoms with E-state index in [-0.39, 0.29) is 5.91 Å². The Morgan fingerprint density at radius 1 is 1.17 bits per heavy atom. The fourth-order valence-electron chi connectivity index (χ4n) is 4.13. The average molecular weight is 427 g/mol. The highest BCUT2D eigenvalue weighted by Crippen LogP contribution is 2.27. The summed E-state index contributed by atoms with van der Waals surface area (Å²) in [4.78, 5) is 18.0. The van der Waals surface area contributed by atoms with Crippen LogP contribution in [-0.4, -0.2) is 57.1 Å². The quantitative estimate of drug-likeness (QED) is 0.669. The first-order valence-electron chi connectivity index (χ1n) is 11.1. The van der Waals surface area contributed by atoms with Gasteiger partial charge < -0.3 is 19.9 Å². The van der Waals surface area contributed by atoms with Crippen molar-refractivity contribution in [1.82, 2.24) is 0 Å². The summed E-state index contributed by atoms with van der Waals surface area (Å²) in [7, 11) is 0. The first kappa shape index (κ1) is 21.2. The number of ether oxygens (including phenoxy) is 1. The molecule has 0 unspecified atom stereocenters. The van der Waals surface area contributed by atoms with E-state index >= 15 is 0 Å². The predicted octanol–water partition coefficient (Wildman–Crippen LogP) is 2.93. The van der Waals surface area contributed by atoms with Gasteiger partial charge in [0.1, 0.15) is 0 Å². The number of nitrogens with one attached hydrogen (secondary N) is 2. The predicted molar refractivity (Wildman–Crippen MR) is 124 cm³/mol. The molecule has 0 spiro atoms. The summed E-state index contributed by atoms with van der Waals surface area (Å²) in [5, 5.41) is 3.07. The fourth-order valence-corrected chi connectivity index (χ4v) is 5.25. The van der Waals surface area contributed by atoms with Crippen LogP contribution in [-0.2, 0) is 4.74 Å². The van der Waals surface area contributed by atoms with Gasteiger partial charge >= 0.3 is 0 Å². The third-order valence-corrected chi connectivity index (χ3v) is 7.25. The number of quaternary nitrogens is 1. The standard InChI is InChI=1S/C24H31N3O2S/c1-2-26-13-15-27(16-14-26)20-11-9-19(10-12-20)25-24(28)22-7-3-4-8-23(22)30-18-21-6-5-17-29-21/h3-4,7-12,21H,2,5-6,13-18H2,1H3,(H,25,28)/p+1/t21-/m1/s1. The van der Waals surface area contributed by atoms with Crippen molar-refractivity contribution >= 4 is 29.0 Å². The van der Waals surface area contributed by atoms with Crippen molar-refractivity contribution in [2.45, 2.75) is 30.8 Å². The van der Waals surface area contributed by atoms with Gasteiger partial charge in [-0.25, -0.2) is 0 Å². The third-order valence-electron chi connectivity index (χ3n) is 6.04. The van der Waals surface area contributed by atoms with Gasteiger partial charge in [0.25, 0.3) is 5.91 Å². The Morgan fingerprint density at radius 2 is 1.93 bits per heavy atom. The number of nitrogens with zero attached hydrogens (tertiary/aromatic N) is 1. The maximum Gasteiger partial charge on any atom is 0.256 e. The zero-order valence-electron chi connectivity index (χ0n) is 17.7. The van der Waals surface area contributed by atoms with Gasteiger partial charge in [-0.2, -0.15) is 0 Å². The number of carbonyl (C=O) groups is 1. The molecule has 1 amide bonds. The largest absolute Gasteiger partial charge is 0.377 e. The van der Waals surface area contributed by atoms with Crippen LogP contribution in [0.4, 0.5) is 11.4 Å². The lowest BCUT2D eigenvalue weighted by atomic mass is 10.2. The number of thioether (sulfide) groups is 1. The number of benzene rings is 2. The van der Waals surface area contributed by atoms with Crippen LogP contribution in [0.1, 0.15) is 30.1 Å². The third kappa shape index (κ3) is 5.36. The Hall–Kier alpha value is -2.02. The van der Waals surface area contributed by atoms with Crippen molar-refractivity contribution in [2.24, 2.45) is 0 Å². The zero-order chi connectivity index (χ0) is 20.8. The topological polar surface area (TPSA) is 46.0 Å². The van der Waals surface area contributed by atoms with Gasteiger partial charge in [-0.3, -0.25) is 4.79 Å². The number of amides is 1. The van der Waals surface area contributed by atoms with Crippen LogP contribution >= 0.6 is 11.8 Å². The highest BCUT2D eigenvalue weighted by atomic mass is 32.2. The smallest absolute Gasteiger partial charge is 0.256 e. The number of hydrogen-bond acceptors (Lipinski definition) is 4.